The topological polar surface area (TPSA) is 25.8 Å². The first-order valence-corrected chi connectivity index (χ1v) is 7.19. The molecular weight excluding hydrogens is 244 g/mol. The van der Waals surface area contributed by atoms with Crippen molar-refractivity contribution < 1.29 is 0 Å². The zero-order valence-corrected chi connectivity index (χ0v) is 12.2. The smallest absolute Gasteiger partial charge is 0.136 e. The molecule has 0 N–H and O–H groups in total. The van der Waals surface area contributed by atoms with Crippen LogP contribution in [0.2, 0.25) is 0 Å². The molecule has 0 spiro atoms. The van der Waals surface area contributed by atoms with Crippen molar-refractivity contribution in [2.24, 2.45) is 0 Å². The predicted octanol–water partition coefficient (Wildman–Crippen LogP) is 3.92. The molecule has 0 aliphatic heterocycles. The molecule has 1 heterocycles. The van der Waals surface area contributed by atoms with Gasteiger partial charge in [-0.1, -0.05) is 37.8 Å². The van der Waals surface area contributed by atoms with E-state index in [-0.39, 0.29) is 0 Å². The van der Waals surface area contributed by atoms with Crippen LogP contribution >= 0.6 is 0 Å². The zero-order chi connectivity index (χ0) is 14.2. The number of aryl methyl sites for hydroxylation is 2. The maximum absolute atomic E-state index is 4.04. The minimum Gasteiger partial charge on any atom is -0.155 e. The summed E-state index contributed by atoms with van der Waals surface area (Å²) in [6, 6.07) is 12.3. The van der Waals surface area contributed by atoms with Crippen molar-refractivity contribution in [3.8, 4) is 11.8 Å². The molecule has 0 unspecified atom stereocenters. The van der Waals surface area contributed by atoms with E-state index in [2.05, 4.69) is 53.2 Å². The lowest BCUT2D eigenvalue weighted by Gasteiger charge is -2.00. The monoisotopic (exact) mass is 264 g/mol. The largest absolute Gasteiger partial charge is 0.155 e. The van der Waals surface area contributed by atoms with E-state index in [9.17, 15) is 0 Å². The second-order valence-corrected chi connectivity index (χ2v) is 4.96. The van der Waals surface area contributed by atoms with Gasteiger partial charge in [-0.3, -0.25) is 0 Å². The molecule has 0 bridgehead atoms. The number of unbranched alkanes of at least 4 members (excludes halogenated alkanes) is 2. The van der Waals surface area contributed by atoms with Gasteiger partial charge in [0.05, 0.1) is 5.69 Å². The summed E-state index contributed by atoms with van der Waals surface area (Å²) in [6.45, 7) is 4.15. The Bertz CT molecular complexity index is 586. The van der Waals surface area contributed by atoms with Gasteiger partial charge in [0, 0.05) is 5.56 Å². The van der Waals surface area contributed by atoms with Crippen LogP contribution in [-0.2, 0) is 6.42 Å². The molecule has 0 atom stereocenters. The lowest BCUT2D eigenvalue weighted by atomic mass is 10.1. The van der Waals surface area contributed by atoms with Gasteiger partial charge in [-0.25, -0.2) is 0 Å². The number of rotatable bonds is 4. The van der Waals surface area contributed by atoms with Crippen molar-refractivity contribution in [1.29, 1.82) is 0 Å². The van der Waals surface area contributed by atoms with Gasteiger partial charge in [0.15, 0.2) is 0 Å². The predicted molar refractivity (Wildman–Crippen MR) is 82.4 cm³/mol. The van der Waals surface area contributed by atoms with E-state index < -0.39 is 0 Å². The van der Waals surface area contributed by atoms with E-state index in [1.54, 1.807) is 0 Å². The van der Waals surface area contributed by atoms with Crippen LogP contribution in [0.1, 0.15) is 48.7 Å². The number of hydrogen-bond donors (Lipinski definition) is 0. The lowest BCUT2D eigenvalue weighted by Crippen LogP contribution is -1.89. The van der Waals surface area contributed by atoms with Crippen LogP contribution in [0.3, 0.4) is 0 Å². The summed E-state index contributed by atoms with van der Waals surface area (Å²) >= 11 is 0. The van der Waals surface area contributed by atoms with Crippen molar-refractivity contribution in [1.82, 2.24) is 10.2 Å². The third-order valence-corrected chi connectivity index (χ3v) is 3.16. The molecule has 0 fully saturated rings. The SMILES string of the molecule is CCCCCc1ccc(C#Cc2ccc(C)nn2)cc1. The molecule has 2 aromatic rings. The second kappa shape index (κ2) is 7.45. The Labute approximate surface area is 121 Å². The molecule has 20 heavy (non-hydrogen) atoms. The summed E-state index contributed by atoms with van der Waals surface area (Å²) in [5.41, 5.74) is 4.03. The summed E-state index contributed by atoms with van der Waals surface area (Å²) < 4.78 is 0. The normalized spacial score (nSPS) is 9.90. The molecule has 0 aliphatic carbocycles. The molecule has 2 heteroatoms. The Morgan fingerprint density at radius 1 is 0.900 bits per heavy atom. The standard InChI is InChI=1S/C18H20N2/c1-3-4-5-6-16-8-10-17(11-9-16)12-14-18-13-7-15(2)19-20-18/h7-11,13H,3-6H2,1-2H3. The van der Waals surface area contributed by atoms with Gasteiger partial charge in [0.1, 0.15) is 5.69 Å². The molecule has 2 rings (SSSR count). The zero-order valence-electron chi connectivity index (χ0n) is 12.2. The Morgan fingerprint density at radius 2 is 1.70 bits per heavy atom. The lowest BCUT2D eigenvalue weighted by molar-refractivity contribution is 0.717. The fourth-order valence-corrected chi connectivity index (χ4v) is 1.94. The summed E-state index contributed by atoms with van der Waals surface area (Å²) in [6.07, 6.45) is 4.99. The van der Waals surface area contributed by atoms with Crippen LogP contribution in [-0.4, -0.2) is 10.2 Å². The van der Waals surface area contributed by atoms with E-state index in [4.69, 9.17) is 0 Å². The second-order valence-electron chi connectivity index (χ2n) is 4.96. The fraction of sp³-hybridized carbons (Fsp3) is 0.333. The quantitative estimate of drug-likeness (QED) is 0.618. The minimum atomic E-state index is 0.711. The van der Waals surface area contributed by atoms with Gasteiger partial charge < -0.3 is 0 Å². The van der Waals surface area contributed by atoms with Crippen LogP contribution in [0.25, 0.3) is 0 Å². The third kappa shape index (κ3) is 4.51. The number of aromatic nitrogens is 2. The first-order chi connectivity index (χ1) is 9.78. The average Bonchev–Trinajstić information content (AvgIpc) is 2.48. The van der Waals surface area contributed by atoms with Gasteiger partial charge in [-0.05, 0) is 55.5 Å². The Kier molecular flexibility index (Phi) is 5.32. The summed E-state index contributed by atoms with van der Waals surface area (Å²) in [4.78, 5) is 0. The first-order valence-electron chi connectivity index (χ1n) is 7.19. The molecule has 2 nitrogen and oxygen atoms in total. The van der Waals surface area contributed by atoms with Crippen molar-refractivity contribution in [2.45, 2.75) is 39.5 Å². The molecule has 0 saturated heterocycles. The highest BCUT2D eigenvalue weighted by Crippen LogP contribution is 2.08. The number of hydrogen-bond acceptors (Lipinski definition) is 2. The van der Waals surface area contributed by atoms with Crippen molar-refractivity contribution in [3.05, 3.63) is 58.9 Å². The fourth-order valence-electron chi connectivity index (χ4n) is 1.94. The van der Waals surface area contributed by atoms with Crippen molar-refractivity contribution in [3.63, 3.8) is 0 Å². The Hall–Kier alpha value is -2.14. The van der Waals surface area contributed by atoms with E-state index in [0.29, 0.717) is 5.69 Å². The highest BCUT2D eigenvalue weighted by Gasteiger charge is 1.94. The molecule has 1 aromatic heterocycles. The molecule has 0 amide bonds. The van der Waals surface area contributed by atoms with Crippen molar-refractivity contribution >= 4 is 0 Å². The van der Waals surface area contributed by atoms with Crippen molar-refractivity contribution in [2.75, 3.05) is 0 Å². The summed E-state index contributed by atoms with van der Waals surface area (Å²) in [5.74, 6) is 6.16. The minimum absolute atomic E-state index is 0.711. The van der Waals surface area contributed by atoms with Gasteiger partial charge in [0.25, 0.3) is 0 Å². The van der Waals surface area contributed by atoms with Crippen LogP contribution < -0.4 is 0 Å². The average molecular weight is 264 g/mol. The van der Waals surface area contributed by atoms with Crippen LogP contribution in [0.15, 0.2) is 36.4 Å². The third-order valence-electron chi connectivity index (χ3n) is 3.16. The van der Waals surface area contributed by atoms with Crippen LogP contribution in [0.5, 0.6) is 0 Å². The Morgan fingerprint density at radius 3 is 2.35 bits per heavy atom. The van der Waals surface area contributed by atoms with Gasteiger partial charge in [0.2, 0.25) is 0 Å². The van der Waals surface area contributed by atoms with E-state index in [1.807, 2.05) is 19.1 Å². The number of benzene rings is 1. The van der Waals surface area contributed by atoms with E-state index >= 15 is 0 Å². The molecule has 0 saturated carbocycles. The number of nitrogens with zero attached hydrogens (tertiary/aromatic N) is 2. The summed E-state index contributed by atoms with van der Waals surface area (Å²) in [7, 11) is 0. The maximum atomic E-state index is 4.04. The Balaban J connectivity index is 1.98. The van der Waals surface area contributed by atoms with Crippen LogP contribution in [0, 0.1) is 18.8 Å². The first kappa shape index (κ1) is 14.3. The van der Waals surface area contributed by atoms with Gasteiger partial charge in [-0.15, -0.1) is 5.10 Å². The van der Waals surface area contributed by atoms with Gasteiger partial charge >= 0.3 is 0 Å². The molecule has 1 aromatic carbocycles. The molecule has 0 radical (unpaired) electrons. The molecule has 0 aliphatic rings. The highest BCUT2D eigenvalue weighted by molar-refractivity contribution is 5.40. The van der Waals surface area contributed by atoms with Gasteiger partial charge in [-0.2, -0.15) is 5.10 Å². The summed E-state index contributed by atoms with van der Waals surface area (Å²) in [5, 5.41) is 8.03. The van der Waals surface area contributed by atoms with Crippen LogP contribution in [0.4, 0.5) is 0 Å². The highest BCUT2D eigenvalue weighted by atomic mass is 15.1. The maximum Gasteiger partial charge on any atom is 0.136 e. The molecular formula is C18H20N2. The van der Waals surface area contributed by atoms with E-state index in [1.165, 1.54) is 24.8 Å². The molecule has 102 valence electrons. The van der Waals surface area contributed by atoms with E-state index in [0.717, 1.165) is 17.7 Å².